The van der Waals surface area contributed by atoms with Crippen molar-refractivity contribution in [2.75, 3.05) is 26.4 Å². The van der Waals surface area contributed by atoms with Crippen molar-refractivity contribution in [2.45, 2.75) is 275 Å². The number of aliphatic hydroxyl groups is 4. The van der Waals surface area contributed by atoms with Crippen LogP contribution in [0.2, 0.25) is 0 Å². The molecule has 4 N–H and O–H groups in total. The van der Waals surface area contributed by atoms with Gasteiger partial charge in [-0.2, -0.15) is 0 Å². The van der Waals surface area contributed by atoms with Crippen molar-refractivity contribution in [1.82, 2.24) is 0 Å². The summed E-state index contributed by atoms with van der Waals surface area (Å²) in [6.45, 7) is 4.45. The Morgan fingerprint density at radius 1 is 0.478 bits per heavy atom. The Balaban J connectivity index is 2.19. The topological polar surface area (TPSA) is 135 Å². The smallest absolute Gasteiger partial charge is 0.306 e. The second kappa shape index (κ2) is 50.6. The highest BCUT2D eigenvalue weighted by molar-refractivity contribution is 5.69. The predicted molar refractivity (Wildman–Crippen MR) is 288 cm³/mol. The SMILES string of the molecule is CC/C=C\C/C=C\C/C=C\C/C=C\C/C=C\C/C=C\CCCCCCC(=O)OC(COCCCCCCCCCCCCCCCCCCCCCCCCC)COC1OC(CO)C(O)C(O)C1O. The first-order valence-corrected chi connectivity index (χ1v) is 28.5. The molecule has 9 nitrogen and oxygen atoms in total. The van der Waals surface area contributed by atoms with Gasteiger partial charge >= 0.3 is 5.97 Å². The van der Waals surface area contributed by atoms with E-state index < -0.39 is 43.4 Å². The largest absolute Gasteiger partial charge is 0.457 e. The summed E-state index contributed by atoms with van der Waals surface area (Å²) in [5, 5.41) is 40.3. The molecule has 1 rings (SSSR count). The Kier molecular flexibility index (Phi) is 47.4. The molecular formula is C60H106O9. The predicted octanol–water partition coefficient (Wildman–Crippen LogP) is 14.8. The van der Waals surface area contributed by atoms with Crippen molar-refractivity contribution in [3.8, 4) is 0 Å². The third-order valence-corrected chi connectivity index (χ3v) is 12.9. The average Bonchev–Trinajstić information content (AvgIpc) is 3.35. The lowest BCUT2D eigenvalue weighted by Gasteiger charge is -2.39. The summed E-state index contributed by atoms with van der Waals surface area (Å²) in [6, 6.07) is 0. The van der Waals surface area contributed by atoms with Gasteiger partial charge < -0.3 is 39.4 Å². The number of carbonyl (C=O) groups is 1. The molecular weight excluding hydrogens is 865 g/mol. The van der Waals surface area contributed by atoms with E-state index in [1.54, 1.807) is 0 Å². The van der Waals surface area contributed by atoms with Crippen LogP contribution >= 0.6 is 0 Å². The molecule has 1 fully saturated rings. The number of ether oxygens (including phenoxy) is 4. The minimum atomic E-state index is -1.55. The van der Waals surface area contributed by atoms with Crippen molar-refractivity contribution in [2.24, 2.45) is 0 Å². The summed E-state index contributed by atoms with van der Waals surface area (Å²) >= 11 is 0. The van der Waals surface area contributed by atoms with Gasteiger partial charge in [0.2, 0.25) is 0 Å². The van der Waals surface area contributed by atoms with E-state index in [1.807, 2.05) is 0 Å². The maximum absolute atomic E-state index is 12.9. The molecule has 0 aromatic rings. The summed E-state index contributed by atoms with van der Waals surface area (Å²) in [7, 11) is 0. The van der Waals surface area contributed by atoms with Crippen molar-refractivity contribution < 1.29 is 44.2 Å². The van der Waals surface area contributed by atoms with Crippen LogP contribution in [0, 0.1) is 0 Å². The highest BCUT2D eigenvalue weighted by Crippen LogP contribution is 2.23. The lowest BCUT2D eigenvalue weighted by molar-refractivity contribution is -0.305. The highest BCUT2D eigenvalue weighted by Gasteiger charge is 2.44. The lowest BCUT2D eigenvalue weighted by Crippen LogP contribution is -2.59. The summed E-state index contributed by atoms with van der Waals surface area (Å²) in [5.74, 6) is -0.336. The fourth-order valence-electron chi connectivity index (χ4n) is 8.50. The maximum atomic E-state index is 12.9. The van der Waals surface area contributed by atoms with Crippen LogP contribution < -0.4 is 0 Å². The van der Waals surface area contributed by atoms with E-state index >= 15 is 0 Å². The van der Waals surface area contributed by atoms with Gasteiger partial charge in [-0.1, -0.05) is 241 Å². The van der Waals surface area contributed by atoms with Gasteiger partial charge in [0, 0.05) is 13.0 Å². The average molecular weight is 971 g/mol. The van der Waals surface area contributed by atoms with Gasteiger partial charge in [-0.25, -0.2) is 0 Å². The van der Waals surface area contributed by atoms with E-state index in [2.05, 4.69) is 86.8 Å². The molecule has 0 aromatic heterocycles. The second-order valence-electron chi connectivity index (χ2n) is 19.4. The normalized spacial score (nSPS) is 19.5. The van der Waals surface area contributed by atoms with Crippen LogP contribution in [0.15, 0.2) is 72.9 Å². The second-order valence-corrected chi connectivity index (χ2v) is 19.4. The summed E-state index contributed by atoms with van der Waals surface area (Å²) < 4.78 is 22.9. The Morgan fingerprint density at radius 3 is 1.33 bits per heavy atom. The first-order valence-electron chi connectivity index (χ1n) is 28.5. The molecule has 0 aliphatic carbocycles. The van der Waals surface area contributed by atoms with Gasteiger partial charge in [0.05, 0.1) is 19.8 Å². The molecule has 6 atom stereocenters. The molecule has 0 spiro atoms. The zero-order chi connectivity index (χ0) is 49.9. The molecule has 6 unspecified atom stereocenters. The van der Waals surface area contributed by atoms with Gasteiger partial charge in [0.15, 0.2) is 6.29 Å². The Morgan fingerprint density at radius 2 is 0.884 bits per heavy atom. The monoisotopic (exact) mass is 971 g/mol. The molecule has 0 amide bonds. The van der Waals surface area contributed by atoms with Gasteiger partial charge in [0.1, 0.15) is 30.5 Å². The lowest BCUT2D eigenvalue weighted by atomic mass is 9.99. The number of unbranched alkanes of at least 4 members (excludes halogenated alkanes) is 26. The van der Waals surface area contributed by atoms with Gasteiger partial charge in [-0.15, -0.1) is 0 Å². The quantitative estimate of drug-likeness (QED) is 0.0267. The van der Waals surface area contributed by atoms with Crippen LogP contribution in [0.25, 0.3) is 0 Å². The van der Waals surface area contributed by atoms with Crippen LogP contribution in [-0.4, -0.2) is 89.6 Å². The Labute approximate surface area is 423 Å². The molecule has 0 bridgehead atoms. The number of allylic oxidation sites excluding steroid dienone is 12. The van der Waals surface area contributed by atoms with Gasteiger partial charge in [-0.3, -0.25) is 4.79 Å². The molecule has 0 aromatic carbocycles. The molecule has 400 valence electrons. The van der Waals surface area contributed by atoms with Gasteiger partial charge in [-0.05, 0) is 64.2 Å². The van der Waals surface area contributed by atoms with E-state index in [-0.39, 0.29) is 25.6 Å². The van der Waals surface area contributed by atoms with Crippen LogP contribution in [-0.2, 0) is 23.7 Å². The Hall–Kier alpha value is -2.37. The third-order valence-electron chi connectivity index (χ3n) is 12.9. The zero-order valence-corrected chi connectivity index (χ0v) is 44.3. The molecule has 0 saturated carbocycles. The number of hydrogen-bond acceptors (Lipinski definition) is 9. The molecule has 0 radical (unpaired) electrons. The number of esters is 1. The van der Waals surface area contributed by atoms with Crippen LogP contribution in [0.1, 0.15) is 239 Å². The van der Waals surface area contributed by atoms with Crippen LogP contribution in [0.3, 0.4) is 0 Å². The molecule has 1 aliphatic rings. The van der Waals surface area contributed by atoms with Crippen molar-refractivity contribution in [1.29, 1.82) is 0 Å². The number of rotatable bonds is 49. The van der Waals surface area contributed by atoms with Crippen molar-refractivity contribution in [3.63, 3.8) is 0 Å². The van der Waals surface area contributed by atoms with E-state index in [1.165, 1.54) is 135 Å². The molecule has 1 saturated heterocycles. The van der Waals surface area contributed by atoms with Crippen molar-refractivity contribution in [3.05, 3.63) is 72.9 Å². The van der Waals surface area contributed by atoms with E-state index in [4.69, 9.17) is 18.9 Å². The highest BCUT2D eigenvalue weighted by atomic mass is 16.7. The number of carbonyl (C=O) groups excluding carboxylic acids is 1. The molecule has 69 heavy (non-hydrogen) atoms. The maximum Gasteiger partial charge on any atom is 0.306 e. The van der Waals surface area contributed by atoms with E-state index in [9.17, 15) is 25.2 Å². The minimum Gasteiger partial charge on any atom is -0.457 e. The molecule has 9 heteroatoms. The fourth-order valence-corrected chi connectivity index (χ4v) is 8.50. The standard InChI is InChI=1S/C60H106O9/c1-3-5-7-9-11-13-15-17-19-21-23-25-27-29-31-33-35-37-39-41-43-45-47-49-56(62)68-54(53-67-60-59(65)58(64)57(63)55(51-61)69-60)52-66-50-48-46-44-42-40-38-36-34-32-30-28-26-24-22-20-18-16-14-12-10-8-6-4-2/h5,7,11,13,17,19,23,25,29,31,35,37,54-55,57-61,63-65H,3-4,6,8-10,12,14-16,18,20-22,24,26-28,30,32-34,36,38-53H2,1-2H3/b7-5-,13-11-,19-17-,25-23-,31-29-,37-35-. The Bertz CT molecular complexity index is 1290. The molecule has 1 heterocycles. The summed E-state index contributed by atoms with van der Waals surface area (Å²) in [4.78, 5) is 12.9. The van der Waals surface area contributed by atoms with Crippen molar-refractivity contribution >= 4 is 5.97 Å². The summed E-state index contributed by atoms with van der Waals surface area (Å²) in [5.41, 5.74) is 0. The number of hydrogen-bond donors (Lipinski definition) is 4. The fraction of sp³-hybridized carbons (Fsp3) is 0.783. The van der Waals surface area contributed by atoms with Crippen LogP contribution in [0.4, 0.5) is 0 Å². The third kappa shape index (κ3) is 40.9. The minimum absolute atomic E-state index is 0.125. The first kappa shape index (κ1) is 64.6. The van der Waals surface area contributed by atoms with E-state index in [0.29, 0.717) is 6.61 Å². The van der Waals surface area contributed by atoms with Crippen LogP contribution in [0.5, 0.6) is 0 Å². The zero-order valence-electron chi connectivity index (χ0n) is 44.3. The van der Waals surface area contributed by atoms with Gasteiger partial charge in [0.25, 0.3) is 0 Å². The number of aliphatic hydroxyl groups excluding tert-OH is 4. The molecule has 1 aliphatic heterocycles. The first-order chi connectivity index (χ1) is 33.9. The summed E-state index contributed by atoms with van der Waals surface area (Å²) in [6.07, 6.45) is 60.9. The van der Waals surface area contributed by atoms with E-state index in [0.717, 1.165) is 83.5 Å².